The summed E-state index contributed by atoms with van der Waals surface area (Å²) in [4.78, 5) is 0. The summed E-state index contributed by atoms with van der Waals surface area (Å²) in [6.45, 7) is 2.57. The van der Waals surface area contributed by atoms with Crippen molar-refractivity contribution in [2.24, 2.45) is 5.92 Å². The number of rotatable bonds is 1. The molecule has 4 heterocycles. The number of hydrogen-bond acceptors (Lipinski definition) is 1. The van der Waals surface area contributed by atoms with Crippen LogP contribution in [0.4, 0.5) is 0 Å². The van der Waals surface area contributed by atoms with E-state index in [1.165, 1.54) is 36.9 Å². The third-order valence-corrected chi connectivity index (χ3v) is 4.58. The smallest absolute Gasteiger partial charge is 0.136 e. The van der Waals surface area contributed by atoms with E-state index in [0.717, 1.165) is 15.8 Å². The lowest BCUT2D eigenvalue weighted by Gasteiger charge is -2.43. The van der Waals surface area contributed by atoms with Crippen LogP contribution in [-0.4, -0.2) is 24.6 Å². The highest BCUT2D eigenvalue weighted by Crippen LogP contribution is 2.41. The van der Waals surface area contributed by atoms with Crippen molar-refractivity contribution in [2.45, 2.75) is 12.8 Å². The quantitative estimate of drug-likeness (QED) is 0.694. The third-order valence-electron chi connectivity index (χ3n) is 4.58. The number of piperidine rings is 1. The van der Waals surface area contributed by atoms with Gasteiger partial charge in [-0.15, -0.1) is 0 Å². The van der Waals surface area contributed by atoms with E-state index in [0.29, 0.717) is 5.92 Å². The summed E-state index contributed by atoms with van der Waals surface area (Å²) >= 11 is 0. The van der Waals surface area contributed by atoms with Crippen LogP contribution in [0.2, 0.25) is 0 Å². The first-order valence-electron chi connectivity index (χ1n) is 6.79. The van der Waals surface area contributed by atoms with E-state index in [1.807, 2.05) is 6.07 Å². The molecule has 0 spiro atoms. The topological polar surface area (TPSA) is 13.1 Å². The Hall–Kier alpha value is -1.54. The Bertz CT molecular complexity index is 596. The fraction of sp³-hybridized carbons (Fsp3) is 0.375. The fourth-order valence-electron chi connectivity index (χ4n) is 3.43. The molecular formula is C16H18NO+. The van der Waals surface area contributed by atoms with E-state index in [2.05, 4.69) is 37.5 Å². The van der Waals surface area contributed by atoms with Crippen molar-refractivity contribution in [2.75, 3.05) is 20.1 Å². The Morgan fingerprint density at radius 1 is 1.17 bits per heavy atom. The largest absolute Gasteiger partial charge is 0.456 e. The number of benzene rings is 1. The van der Waals surface area contributed by atoms with Crippen LogP contribution < -0.4 is 0 Å². The normalized spacial score (nSPS) is 30.7. The first kappa shape index (κ1) is 10.4. The molecule has 2 aromatic rings. The lowest BCUT2D eigenvalue weighted by Crippen LogP contribution is -2.49. The average Bonchev–Trinajstić information content (AvgIpc) is 2.82. The van der Waals surface area contributed by atoms with E-state index in [4.69, 9.17) is 4.42 Å². The summed E-state index contributed by atoms with van der Waals surface area (Å²) in [5.74, 6) is 1.80. The zero-order valence-electron chi connectivity index (χ0n) is 10.7. The molecule has 1 saturated heterocycles. The molecule has 3 aliphatic heterocycles. The minimum absolute atomic E-state index is 0.713. The van der Waals surface area contributed by atoms with Crippen LogP contribution >= 0.6 is 0 Å². The molecule has 2 nitrogen and oxygen atoms in total. The highest BCUT2D eigenvalue weighted by Gasteiger charge is 2.38. The lowest BCUT2D eigenvalue weighted by atomic mass is 9.83. The van der Waals surface area contributed by atoms with Crippen LogP contribution in [0.3, 0.4) is 0 Å². The Kier molecular flexibility index (Phi) is 2.01. The standard InChI is InChI=1S/C16H18NO/c1-17-8-6-12(7-9-17)14(11-17)16-10-13-4-2-3-5-15(13)18-16/h2-5,10-12H,6-9H2,1H3/q+1. The van der Waals surface area contributed by atoms with Crippen molar-refractivity contribution in [1.82, 2.24) is 0 Å². The molecule has 0 unspecified atom stereocenters. The molecule has 92 valence electrons. The van der Waals surface area contributed by atoms with Gasteiger partial charge in [-0.2, -0.15) is 0 Å². The zero-order chi connectivity index (χ0) is 12.2. The molecule has 0 atom stereocenters. The molecule has 0 radical (unpaired) electrons. The zero-order valence-corrected chi connectivity index (χ0v) is 10.7. The summed E-state index contributed by atoms with van der Waals surface area (Å²) in [5.41, 5.74) is 2.44. The maximum absolute atomic E-state index is 6.03. The number of quaternary nitrogens is 1. The maximum atomic E-state index is 6.03. The first-order valence-corrected chi connectivity index (χ1v) is 6.79. The van der Waals surface area contributed by atoms with Crippen LogP contribution in [-0.2, 0) is 0 Å². The molecule has 0 saturated carbocycles. The van der Waals surface area contributed by atoms with Gasteiger partial charge in [0.05, 0.1) is 25.7 Å². The van der Waals surface area contributed by atoms with Gasteiger partial charge >= 0.3 is 0 Å². The molecule has 0 amide bonds. The molecule has 1 fully saturated rings. The van der Waals surface area contributed by atoms with Gasteiger partial charge in [-0.1, -0.05) is 18.2 Å². The monoisotopic (exact) mass is 240 g/mol. The van der Waals surface area contributed by atoms with Crippen molar-refractivity contribution in [3.05, 3.63) is 42.3 Å². The van der Waals surface area contributed by atoms with Crippen molar-refractivity contribution >= 4 is 16.5 Å². The van der Waals surface area contributed by atoms with Crippen LogP contribution in [0.5, 0.6) is 0 Å². The van der Waals surface area contributed by atoms with Crippen molar-refractivity contribution in [3.8, 4) is 0 Å². The number of para-hydroxylation sites is 1. The summed E-state index contributed by atoms with van der Waals surface area (Å²) in [6, 6.07) is 10.5. The van der Waals surface area contributed by atoms with E-state index in [-0.39, 0.29) is 0 Å². The van der Waals surface area contributed by atoms with Crippen LogP contribution in [0.1, 0.15) is 18.6 Å². The van der Waals surface area contributed by atoms with E-state index in [1.54, 1.807) is 0 Å². The van der Waals surface area contributed by atoms with E-state index in [9.17, 15) is 0 Å². The number of nitrogens with zero attached hydrogens (tertiary/aromatic N) is 1. The van der Waals surface area contributed by atoms with Gasteiger partial charge in [0.15, 0.2) is 0 Å². The Balaban J connectivity index is 1.85. The van der Waals surface area contributed by atoms with Crippen molar-refractivity contribution < 1.29 is 8.90 Å². The molecule has 0 N–H and O–H groups in total. The maximum Gasteiger partial charge on any atom is 0.136 e. The minimum Gasteiger partial charge on any atom is -0.456 e. The second-order valence-corrected chi connectivity index (χ2v) is 5.93. The van der Waals surface area contributed by atoms with Gasteiger partial charge in [-0.05, 0) is 12.1 Å². The van der Waals surface area contributed by atoms with Crippen molar-refractivity contribution in [3.63, 3.8) is 0 Å². The molecule has 1 aromatic carbocycles. The predicted octanol–water partition coefficient (Wildman–Crippen LogP) is 3.64. The minimum atomic E-state index is 0.713. The van der Waals surface area contributed by atoms with Crippen LogP contribution in [0.25, 0.3) is 16.5 Å². The molecular weight excluding hydrogens is 222 g/mol. The van der Waals surface area contributed by atoms with Gasteiger partial charge < -0.3 is 4.42 Å². The van der Waals surface area contributed by atoms with E-state index >= 15 is 0 Å². The van der Waals surface area contributed by atoms with Crippen molar-refractivity contribution in [1.29, 1.82) is 0 Å². The van der Waals surface area contributed by atoms with Crippen LogP contribution in [0, 0.1) is 5.92 Å². The Morgan fingerprint density at radius 3 is 2.67 bits per heavy atom. The third kappa shape index (κ3) is 1.45. The number of allylic oxidation sites excluding steroid dienone is 1. The average molecular weight is 240 g/mol. The summed E-state index contributed by atoms with van der Waals surface area (Å²) < 4.78 is 7.11. The number of fused-ring (bicyclic) bond motifs is 3. The fourth-order valence-corrected chi connectivity index (χ4v) is 3.43. The summed E-state index contributed by atoms with van der Waals surface area (Å²) in [6.07, 6.45) is 5.04. The number of hydrogen-bond donors (Lipinski definition) is 0. The second kappa shape index (κ2) is 3.48. The molecule has 2 heteroatoms. The highest BCUT2D eigenvalue weighted by molar-refractivity contribution is 5.82. The lowest BCUT2D eigenvalue weighted by molar-refractivity contribution is -0.868. The van der Waals surface area contributed by atoms with E-state index < -0.39 is 0 Å². The molecule has 1 aromatic heterocycles. The highest BCUT2D eigenvalue weighted by atomic mass is 16.3. The SMILES string of the molecule is C[N+]12C=C(c3cc4ccccc4o3)C(CC1)CC2. The molecule has 3 aliphatic rings. The Morgan fingerprint density at radius 2 is 1.94 bits per heavy atom. The predicted molar refractivity (Wildman–Crippen MR) is 72.8 cm³/mol. The second-order valence-electron chi connectivity index (χ2n) is 5.93. The van der Waals surface area contributed by atoms with Gasteiger partial charge in [0.2, 0.25) is 0 Å². The van der Waals surface area contributed by atoms with Gasteiger partial charge in [0.25, 0.3) is 0 Å². The molecule has 0 aliphatic carbocycles. The van der Waals surface area contributed by atoms with Gasteiger partial charge in [0, 0.05) is 24.1 Å². The van der Waals surface area contributed by atoms with Gasteiger partial charge in [-0.3, -0.25) is 4.48 Å². The molecule has 18 heavy (non-hydrogen) atoms. The molecule has 5 rings (SSSR count). The Labute approximate surface area is 107 Å². The number of furan rings is 1. The first-order chi connectivity index (χ1) is 8.73. The van der Waals surface area contributed by atoms with Crippen LogP contribution in [0.15, 0.2) is 40.9 Å². The van der Waals surface area contributed by atoms with Gasteiger partial charge in [-0.25, -0.2) is 0 Å². The molecule has 2 bridgehead atoms. The summed E-state index contributed by atoms with van der Waals surface area (Å²) in [7, 11) is 2.33. The summed E-state index contributed by atoms with van der Waals surface area (Å²) in [5, 5.41) is 1.22. The van der Waals surface area contributed by atoms with Gasteiger partial charge in [0.1, 0.15) is 17.5 Å².